The van der Waals surface area contributed by atoms with E-state index >= 15 is 0 Å². The minimum atomic E-state index is -0.599. The number of hydrogen-bond acceptors (Lipinski definition) is 8. The number of nitrogens with zero attached hydrogens (tertiary/aromatic N) is 2. The maximum Gasteiger partial charge on any atom is 0.338 e. The van der Waals surface area contributed by atoms with E-state index in [1.165, 1.54) is 12.6 Å². The Kier molecular flexibility index (Phi) is 8.78. The summed E-state index contributed by atoms with van der Waals surface area (Å²) in [5.74, 6) is 0.880. The van der Waals surface area contributed by atoms with E-state index in [-0.39, 0.29) is 13.2 Å². The fraction of sp³-hybridized carbons (Fsp3) is 0.385. The quantitative estimate of drug-likeness (QED) is 0.196. The fourth-order valence-electron chi connectivity index (χ4n) is 4.30. The first-order valence-electron chi connectivity index (χ1n) is 12.3. The number of thiocarbonyl (C=S) groups is 1. The van der Waals surface area contributed by atoms with Crippen LogP contribution in [0.3, 0.4) is 0 Å². The lowest BCUT2D eigenvalue weighted by atomic mass is 9.95. The Morgan fingerprint density at radius 3 is 2.78 bits per heavy atom. The van der Waals surface area contributed by atoms with Gasteiger partial charge in [-0.3, -0.25) is 4.79 Å². The van der Waals surface area contributed by atoms with Crippen LogP contribution in [-0.4, -0.2) is 49.5 Å². The van der Waals surface area contributed by atoms with Crippen LogP contribution in [0.5, 0.6) is 5.75 Å². The molecule has 0 bridgehead atoms. The molecule has 1 atom stereocenters. The summed E-state index contributed by atoms with van der Waals surface area (Å²) in [5, 5.41) is 10.4. The van der Waals surface area contributed by atoms with E-state index in [1.54, 1.807) is 32.0 Å². The SMILES string of the molecule is CCOC(=O)C1=C(C)NC(=S)N[C@H]1c1ccccc1OCC(=O)NN=Cc1ccc(N2CCCCC2)o1. The predicted molar refractivity (Wildman–Crippen MR) is 143 cm³/mol. The molecule has 1 saturated heterocycles. The molecule has 11 heteroatoms. The Bertz CT molecular complexity index is 1200. The number of benzene rings is 1. The Labute approximate surface area is 221 Å². The standard InChI is InChI=1S/C26H31N5O5S/c1-3-34-25(33)23-17(2)28-26(37)29-24(23)19-9-5-6-10-20(19)35-16-21(32)30-27-15-18-11-12-22(36-18)31-13-7-4-8-14-31/h5-6,9-12,15,24H,3-4,7-8,13-14,16H2,1-2H3,(H,30,32)(H2,28,29,37)/t24-/m0/s1. The molecule has 0 spiro atoms. The molecule has 1 aromatic heterocycles. The third kappa shape index (κ3) is 6.67. The van der Waals surface area contributed by atoms with Crippen molar-refractivity contribution in [2.45, 2.75) is 39.2 Å². The van der Waals surface area contributed by atoms with Crippen LogP contribution < -0.4 is 25.7 Å². The van der Waals surface area contributed by atoms with E-state index < -0.39 is 17.9 Å². The minimum Gasteiger partial charge on any atom is -0.483 e. The highest BCUT2D eigenvalue weighted by molar-refractivity contribution is 7.80. The van der Waals surface area contributed by atoms with Gasteiger partial charge in [0, 0.05) is 30.4 Å². The van der Waals surface area contributed by atoms with E-state index in [2.05, 4.69) is 26.1 Å². The predicted octanol–water partition coefficient (Wildman–Crippen LogP) is 3.15. The zero-order valence-electron chi connectivity index (χ0n) is 20.9. The minimum absolute atomic E-state index is 0.239. The first-order chi connectivity index (χ1) is 18.0. The van der Waals surface area contributed by atoms with E-state index in [0.29, 0.717) is 33.5 Å². The summed E-state index contributed by atoms with van der Waals surface area (Å²) >= 11 is 5.30. The van der Waals surface area contributed by atoms with Crippen LogP contribution in [0.15, 0.2) is 57.2 Å². The summed E-state index contributed by atoms with van der Waals surface area (Å²) in [7, 11) is 0. The first kappa shape index (κ1) is 26.2. The van der Waals surface area contributed by atoms with Gasteiger partial charge < -0.3 is 29.4 Å². The van der Waals surface area contributed by atoms with Crippen molar-refractivity contribution in [2.75, 3.05) is 31.2 Å². The molecule has 37 heavy (non-hydrogen) atoms. The number of allylic oxidation sites excluding steroid dienone is 1. The molecule has 2 aliphatic rings. The maximum atomic E-state index is 12.7. The topological polar surface area (TPSA) is 117 Å². The highest BCUT2D eigenvalue weighted by Gasteiger charge is 2.32. The number of hydrogen-bond donors (Lipinski definition) is 3. The van der Waals surface area contributed by atoms with E-state index in [0.717, 1.165) is 31.8 Å². The highest BCUT2D eigenvalue weighted by Crippen LogP contribution is 2.33. The van der Waals surface area contributed by atoms with Gasteiger partial charge in [0.25, 0.3) is 5.91 Å². The maximum absolute atomic E-state index is 12.7. The van der Waals surface area contributed by atoms with Crippen LogP contribution in [0.2, 0.25) is 0 Å². The van der Waals surface area contributed by atoms with Gasteiger partial charge in [0.15, 0.2) is 17.6 Å². The van der Waals surface area contributed by atoms with E-state index in [1.807, 2.05) is 18.2 Å². The number of esters is 1. The molecule has 0 saturated carbocycles. The van der Waals surface area contributed by atoms with Crippen molar-refractivity contribution in [1.82, 2.24) is 16.1 Å². The normalized spacial score (nSPS) is 17.8. The lowest BCUT2D eigenvalue weighted by molar-refractivity contribution is -0.139. The van der Waals surface area contributed by atoms with Crippen LogP contribution in [-0.2, 0) is 14.3 Å². The Morgan fingerprint density at radius 1 is 1.22 bits per heavy atom. The summed E-state index contributed by atoms with van der Waals surface area (Å²) in [6.45, 7) is 5.43. The Morgan fingerprint density at radius 2 is 2.00 bits per heavy atom. The second kappa shape index (κ2) is 12.4. The molecule has 2 aromatic rings. The number of amides is 1. The van der Waals surface area contributed by atoms with Crippen molar-refractivity contribution in [3.8, 4) is 5.75 Å². The van der Waals surface area contributed by atoms with Gasteiger partial charge in [-0.25, -0.2) is 10.2 Å². The molecule has 3 N–H and O–H groups in total. The third-order valence-electron chi connectivity index (χ3n) is 6.01. The Balaban J connectivity index is 1.38. The molecule has 1 fully saturated rings. The van der Waals surface area contributed by atoms with Crippen LogP contribution in [0.4, 0.5) is 5.88 Å². The van der Waals surface area contributed by atoms with Crippen LogP contribution in [0.25, 0.3) is 0 Å². The molecule has 0 radical (unpaired) electrons. The average Bonchev–Trinajstić information content (AvgIpc) is 3.37. The molecular weight excluding hydrogens is 494 g/mol. The lowest BCUT2D eigenvalue weighted by Crippen LogP contribution is -2.45. The molecule has 1 amide bonds. The number of carbonyl (C=O) groups is 2. The number of nitrogens with one attached hydrogen (secondary N) is 3. The average molecular weight is 526 g/mol. The van der Waals surface area contributed by atoms with Crippen LogP contribution >= 0.6 is 12.2 Å². The van der Waals surface area contributed by atoms with Gasteiger partial charge >= 0.3 is 5.97 Å². The largest absolute Gasteiger partial charge is 0.483 e. The number of anilines is 1. The number of rotatable bonds is 9. The second-order valence-electron chi connectivity index (χ2n) is 8.63. The van der Waals surface area contributed by atoms with Gasteiger partial charge in [-0.1, -0.05) is 18.2 Å². The fourth-order valence-corrected chi connectivity index (χ4v) is 4.57. The van der Waals surface area contributed by atoms with Gasteiger partial charge in [0.2, 0.25) is 0 Å². The van der Waals surface area contributed by atoms with Crippen molar-refractivity contribution in [3.63, 3.8) is 0 Å². The molecule has 0 aliphatic carbocycles. The highest BCUT2D eigenvalue weighted by atomic mass is 32.1. The van der Waals surface area contributed by atoms with Gasteiger partial charge in [-0.05, 0) is 57.5 Å². The molecule has 0 unspecified atom stereocenters. The van der Waals surface area contributed by atoms with Crippen LogP contribution in [0, 0.1) is 0 Å². The summed E-state index contributed by atoms with van der Waals surface area (Å²) < 4.78 is 16.9. The summed E-state index contributed by atoms with van der Waals surface area (Å²) in [6, 6.07) is 10.3. The van der Waals surface area contributed by atoms with Gasteiger partial charge in [-0.2, -0.15) is 5.10 Å². The van der Waals surface area contributed by atoms with E-state index in [9.17, 15) is 9.59 Å². The zero-order chi connectivity index (χ0) is 26.2. The summed E-state index contributed by atoms with van der Waals surface area (Å²) in [5.41, 5.74) is 4.08. The van der Waals surface area contributed by atoms with Crippen molar-refractivity contribution in [3.05, 3.63) is 59.0 Å². The van der Waals surface area contributed by atoms with E-state index in [4.69, 9.17) is 26.1 Å². The number of ether oxygens (including phenoxy) is 2. The van der Waals surface area contributed by atoms with Gasteiger partial charge in [-0.15, -0.1) is 0 Å². The number of carbonyl (C=O) groups excluding carboxylic acids is 2. The molecule has 196 valence electrons. The Hall–Kier alpha value is -3.86. The molecule has 1 aromatic carbocycles. The monoisotopic (exact) mass is 525 g/mol. The summed E-state index contributed by atoms with van der Waals surface area (Å²) in [4.78, 5) is 27.3. The van der Waals surface area contributed by atoms with Gasteiger partial charge in [0.1, 0.15) is 11.5 Å². The van der Waals surface area contributed by atoms with Crippen LogP contribution in [0.1, 0.15) is 50.5 Å². The first-order valence-corrected chi connectivity index (χ1v) is 12.7. The second-order valence-corrected chi connectivity index (χ2v) is 9.04. The third-order valence-corrected chi connectivity index (χ3v) is 6.23. The molecule has 10 nitrogen and oxygen atoms in total. The van der Waals surface area contributed by atoms with Crippen molar-refractivity contribution in [1.29, 1.82) is 0 Å². The van der Waals surface area contributed by atoms with Gasteiger partial charge in [0.05, 0.1) is 24.4 Å². The number of furan rings is 1. The number of hydrazone groups is 1. The van der Waals surface area contributed by atoms with Crippen molar-refractivity contribution < 1.29 is 23.5 Å². The lowest BCUT2D eigenvalue weighted by Gasteiger charge is -2.30. The van der Waals surface area contributed by atoms with Crippen molar-refractivity contribution in [2.24, 2.45) is 5.10 Å². The molecular formula is C26H31N5O5S. The van der Waals surface area contributed by atoms with Crippen molar-refractivity contribution >= 4 is 41.3 Å². The molecule has 4 rings (SSSR count). The number of piperidine rings is 1. The molecule has 3 heterocycles. The smallest absolute Gasteiger partial charge is 0.338 e. The number of para-hydroxylation sites is 1. The summed E-state index contributed by atoms with van der Waals surface area (Å²) in [6.07, 6.45) is 5.01. The zero-order valence-corrected chi connectivity index (χ0v) is 21.7. The molecule has 2 aliphatic heterocycles.